The molecular weight excluding hydrogens is 393 g/mol. The molecule has 0 aliphatic rings. The molecule has 2 aromatic carbocycles. The van der Waals surface area contributed by atoms with Gasteiger partial charge in [-0.15, -0.1) is 0 Å². The van der Waals surface area contributed by atoms with E-state index in [0.29, 0.717) is 24.2 Å². The van der Waals surface area contributed by atoms with Crippen molar-refractivity contribution in [3.05, 3.63) is 71.6 Å². The predicted octanol–water partition coefficient (Wildman–Crippen LogP) is 3.25. The third-order valence-corrected chi connectivity index (χ3v) is 6.33. The minimum Gasteiger partial charge on any atom is -0.333 e. The topological polar surface area (TPSA) is 90.3 Å². The van der Waals surface area contributed by atoms with Gasteiger partial charge < -0.3 is 5.32 Å². The normalized spacial score (nSPS) is 12.7. The molecule has 29 heavy (non-hydrogen) atoms. The zero-order valence-corrected chi connectivity index (χ0v) is 17.0. The molecule has 6 nitrogen and oxygen atoms in total. The van der Waals surface area contributed by atoms with Crippen molar-refractivity contribution < 1.29 is 17.6 Å². The lowest BCUT2D eigenvalue weighted by Gasteiger charge is -2.18. The Morgan fingerprint density at radius 1 is 1.14 bits per heavy atom. The first kappa shape index (κ1) is 22.3. The van der Waals surface area contributed by atoms with E-state index in [0.717, 1.165) is 0 Å². The van der Waals surface area contributed by atoms with Crippen molar-refractivity contribution in [1.29, 1.82) is 5.26 Å². The van der Waals surface area contributed by atoms with Gasteiger partial charge in [-0.2, -0.15) is 9.57 Å². The first-order chi connectivity index (χ1) is 13.8. The van der Waals surface area contributed by atoms with E-state index in [1.807, 2.05) is 6.07 Å². The number of halogens is 1. The van der Waals surface area contributed by atoms with Crippen molar-refractivity contribution in [3.63, 3.8) is 0 Å². The Morgan fingerprint density at radius 3 is 2.24 bits per heavy atom. The Hall–Kier alpha value is -3.02. The number of nitriles is 1. The smallest absolute Gasteiger partial charge is 0.245 e. The summed E-state index contributed by atoms with van der Waals surface area (Å²) in [6.45, 7) is 4.32. The summed E-state index contributed by atoms with van der Waals surface area (Å²) in [6.07, 6.45) is 2.77. The zero-order valence-electron chi connectivity index (χ0n) is 16.2. The SMILES string of the molecule is CCN(CC)S(=O)(=O)c1ccc(/C=C/C(=O)N[C@@H](C#N)c2ccc(F)cc2)cc1. The van der Waals surface area contributed by atoms with Crippen LogP contribution in [0, 0.1) is 17.1 Å². The van der Waals surface area contributed by atoms with Crippen LogP contribution in [0.4, 0.5) is 4.39 Å². The van der Waals surface area contributed by atoms with E-state index in [1.54, 1.807) is 26.0 Å². The number of nitrogens with one attached hydrogen (secondary N) is 1. The van der Waals surface area contributed by atoms with Gasteiger partial charge in [0.05, 0.1) is 11.0 Å². The summed E-state index contributed by atoms with van der Waals surface area (Å²) in [5, 5.41) is 11.8. The van der Waals surface area contributed by atoms with Gasteiger partial charge in [0.1, 0.15) is 11.9 Å². The molecule has 0 aliphatic carbocycles. The minimum atomic E-state index is -3.54. The van der Waals surface area contributed by atoms with Gasteiger partial charge in [-0.05, 0) is 41.5 Å². The van der Waals surface area contributed by atoms with E-state index < -0.39 is 27.8 Å². The highest BCUT2D eigenvalue weighted by Gasteiger charge is 2.21. The summed E-state index contributed by atoms with van der Waals surface area (Å²) in [5.41, 5.74) is 1.11. The fourth-order valence-corrected chi connectivity index (χ4v) is 4.13. The zero-order chi connectivity index (χ0) is 21.4. The number of hydrogen-bond acceptors (Lipinski definition) is 4. The van der Waals surface area contributed by atoms with Crippen LogP contribution in [0.3, 0.4) is 0 Å². The third-order valence-electron chi connectivity index (χ3n) is 4.27. The Bertz CT molecular complexity index is 1010. The lowest BCUT2D eigenvalue weighted by molar-refractivity contribution is -0.116. The number of nitrogens with zero attached hydrogens (tertiary/aromatic N) is 2. The molecule has 2 rings (SSSR count). The van der Waals surface area contributed by atoms with Crippen molar-refractivity contribution in [3.8, 4) is 6.07 Å². The van der Waals surface area contributed by atoms with Crippen LogP contribution in [0.2, 0.25) is 0 Å². The fraction of sp³-hybridized carbons (Fsp3) is 0.238. The molecule has 0 aliphatic heterocycles. The Morgan fingerprint density at radius 2 is 1.72 bits per heavy atom. The van der Waals surface area contributed by atoms with E-state index >= 15 is 0 Å². The van der Waals surface area contributed by atoms with Crippen molar-refractivity contribution in [1.82, 2.24) is 9.62 Å². The van der Waals surface area contributed by atoms with E-state index in [9.17, 15) is 22.9 Å². The Labute approximate surface area is 170 Å². The van der Waals surface area contributed by atoms with Crippen LogP contribution in [0.15, 0.2) is 59.5 Å². The highest BCUT2D eigenvalue weighted by molar-refractivity contribution is 7.89. The molecular formula is C21H22FN3O3S. The molecule has 2 aromatic rings. The van der Waals surface area contributed by atoms with Gasteiger partial charge in [0, 0.05) is 19.2 Å². The average molecular weight is 415 g/mol. The maximum atomic E-state index is 13.0. The van der Waals surface area contributed by atoms with Gasteiger partial charge in [-0.25, -0.2) is 12.8 Å². The first-order valence-electron chi connectivity index (χ1n) is 9.05. The predicted molar refractivity (Wildman–Crippen MR) is 108 cm³/mol. The minimum absolute atomic E-state index is 0.184. The molecule has 0 aromatic heterocycles. The molecule has 0 heterocycles. The van der Waals surface area contributed by atoms with Crippen LogP contribution in [0.1, 0.15) is 31.0 Å². The van der Waals surface area contributed by atoms with Crippen molar-refractivity contribution in [2.24, 2.45) is 0 Å². The van der Waals surface area contributed by atoms with Crippen molar-refractivity contribution >= 4 is 22.0 Å². The third kappa shape index (κ3) is 5.73. The van der Waals surface area contributed by atoms with Gasteiger partial charge in [-0.1, -0.05) is 38.1 Å². The summed E-state index contributed by atoms with van der Waals surface area (Å²) in [4.78, 5) is 12.3. The Kier molecular flexibility index (Phi) is 7.65. The van der Waals surface area contributed by atoms with Gasteiger partial charge >= 0.3 is 0 Å². The van der Waals surface area contributed by atoms with Crippen LogP contribution < -0.4 is 5.32 Å². The second-order valence-corrected chi connectivity index (χ2v) is 8.05. The number of benzene rings is 2. The number of sulfonamides is 1. The maximum Gasteiger partial charge on any atom is 0.245 e. The van der Waals surface area contributed by atoms with Crippen LogP contribution in [-0.2, 0) is 14.8 Å². The van der Waals surface area contributed by atoms with E-state index in [-0.39, 0.29) is 4.90 Å². The molecule has 1 amide bonds. The van der Waals surface area contributed by atoms with Crippen LogP contribution in [-0.4, -0.2) is 31.7 Å². The fourth-order valence-electron chi connectivity index (χ4n) is 2.67. The monoisotopic (exact) mass is 415 g/mol. The molecule has 0 radical (unpaired) electrons. The lowest BCUT2D eigenvalue weighted by Crippen LogP contribution is -2.30. The van der Waals surface area contributed by atoms with Gasteiger partial charge in [0.15, 0.2) is 0 Å². The summed E-state index contributed by atoms with van der Waals surface area (Å²) in [7, 11) is -3.54. The second kappa shape index (κ2) is 9.96. The number of carbonyl (C=O) groups is 1. The van der Waals surface area contributed by atoms with Crippen LogP contribution >= 0.6 is 0 Å². The summed E-state index contributed by atoms with van der Waals surface area (Å²) < 4.78 is 39.3. The average Bonchev–Trinajstić information content (AvgIpc) is 2.72. The standard InChI is InChI=1S/C21H22FN3O3S/c1-3-25(4-2)29(27,28)19-12-5-16(6-13-19)7-14-21(26)24-20(15-23)17-8-10-18(22)11-9-17/h5-14,20H,3-4H2,1-2H3,(H,24,26)/b14-7+/t20-/m0/s1. The number of carbonyl (C=O) groups excluding carboxylic acids is 1. The number of amides is 1. The summed E-state index contributed by atoms with van der Waals surface area (Å²) in [6, 6.07) is 12.5. The molecule has 1 N–H and O–H groups in total. The van der Waals surface area contributed by atoms with Gasteiger partial charge in [-0.3, -0.25) is 4.79 Å². The Balaban J connectivity index is 2.06. The molecule has 1 atom stereocenters. The first-order valence-corrected chi connectivity index (χ1v) is 10.5. The molecule has 0 unspecified atom stereocenters. The molecule has 0 bridgehead atoms. The number of rotatable bonds is 8. The summed E-state index contributed by atoms with van der Waals surface area (Å²) in [5.74, 6) is -0.927. The number of hydrogen-bond donors (Lipinski definition) is 1. The molecule has 0 fully saturated rings. The van der Waals surface area contributed by atoms with E-state index in [1.165, 1.54) is 52.9 Å². The van der Waals surface area contributed by atoms with E-state index in [4.69, 9.17) is 0 Å². The highest BCUT2D eigenvalue weighted by Crippen LogP contribution is 2.17. The van der Waals surface area contributed by atoms with Crippen LogP contribution in [0.5, 0.6) is 0 Å². The van der Waals surface area contributed by atoms with Gasteiger partial charge in [0.25, 0.3) is 0 Å². The second-order valence-electron chi connectivity index (χ2n) is 6.11. The molecule has 152 valence electrons. The van der Waals surface area contributed by atoms with Crippen molar-refractivity contribution in [2.45, 2.75) is 24.8 Å². The van der Waals surface area contributed by atoms with Gasteiger partial charge in [0.2, 0.25) is 15.9 Å². The highest BCUT2D eigenvalue weighted by atomic mass is 32.2. The molecule has 8 heteroatoms. The summed E-state index contributed by atoms with van der Waals surface area (Å²) >= 11 is 0. The van der Waals surface area contributed by atoms with Crippen LogP contribution in [0.25, 0.3) is 6.08 Å². The van der Waals surface area contributed by atoms with Crippen molar-refractivity contribution in [2.75, 3.05) is 13.1 Å². The quantitative estimate of drug-likeness (QED) is 0.670. The molecule has 0 spiro atoms. The largest absolute Gasteiger partial charge is 0.333 e. The molecule has 0 saturated carbocycles. The maximum absolute atomic E-state index is 13.0. The molecule has 0 saturated heterocycles. The lowest BCUT2D eigenvalue weighted by atomic mass is 10.1. The van der Waals surface area contributed by atoms with E-state index in [2.05, 4.69) is 5.32 Å².